The highest BCUT2D eigenvalue weighted by Crippen LogP contribution is 2.42. The molecule has 10 heteroatoms. The second-order valence-corrected chi connectivity index (χ2v) is 7.76. The molecular weight excluding hydrogens is 394 g/mol. The normalized spacial score (nSPS) is 19.3. The standard InChI is InChI=1S/C20H25N3O7/c24-16(7-4-8-30-14-5-2-1-3-6-14)21-10-17(25)23-13-20(9-15(23)18(26)27)11-22(12-20)19(28)29/h1-3,5-6,15H,4,7-13H2,(H,21,24)(H,26,27)(H,28,29). The number of carboxylic acids is 1. The molecule has 1 unspecified atom stereocenters. The van der Waals surface area contributed by atoms with Crippen LogP contribution in [-0.2, 0) is 14.4 Å². The van der Waals surface area contributed by atoms with Gasteiger partial charge in [0, 0.05) is 31.5 Å². The van der Waals surface area contributed by atoms with Crippen molar-refractivity contribution >= 4 is 23.9 Å². The monoisotopic (exact) mass is 419 g/mol. The van der Waals surface area contributed by atoms with Crippen molar-refractivity contribution < 1.29 is 34.1 Å². The highest BCUT2D eigenvalue weighted by molar-refractivity contribution is 5.88. The molecule has 2 aliphatic rings. The van der Waals surface area contributed by atoms with Crippen molar-refractivity contribution in [1.29, 1.82) is 0 Å². The molecule has 0 radical (unpaired) electrons. The number of para-hydroxylation sites is 1. The van der Waals surface area contributed by atoms with Crippen molar-refractivity contribution in [3.63, 3.8) is 0 Å². The molecule has 3 N–H and O–H groups in total. The largest absolute Gasteiger partial charge is 0.494 e. The number of benzene rings is 1. The fourth-order valence-corrected chi connectivity index (χ4v) is 3.97. The summed E-state index contributed by atoms with van der Waals surface area (Å²) in [5.41, 5.74) is -0.518. The Bertz CT molecular complexity index is 808. The van der Waals surface area contributed by atoms with E-state index >= 15 is 0 Å². The fourth-order valence-electron chi connectivity index (χ4n) is 3.97. The first kappa shape index (κ1) is 21.4. The van der Waals surface area contributed by atoms with Crippen LogP contribution in [0.1, 0.15) is 19.3 Å². The zero-order valence-electron chi connectivity index (χ0n) is 16.5. The van der Waals surface area contributed by atoms with Gasteiger partial charge in [0.05, 0.1) is 13.2 Å². The van der Waals surface area contributed by atoms with Crippen molar-refractivity contribution in [3.8, 4) is 5.75 Å². The number of nitrogens with zero attached hydrogens (tertiary/aromatic N) is 2. The van der Waals surface area contributed by atoms with Crippen LogP contribution < -0.4 is 10.1 Å². The van der Waals surface area contributed by atoms with Crippen LogP contribution in [0.5, 0.6) is 5.75 Å². The molecule has 2 heterocycles. The topological polar surface area (TPSA) is 136 Å². The maximum Gasteiger partial charge on any atom is 0.407 e. The average molecular weight is 419 g/mol. The molecule has 0 bridgehead atoms. The number of likely N-dealkylation sites (tertiary alicyclic amines) is 2. The van der Waals surface area contributed by atoms with Crippen LogP contribution in [-0.4, -0.2) is 82.7 Å². The summed E-state index contributed by atoms with van der Waals surface area (Å²) in [6.07, 6.45) is -0.187. The molecule has 0 aromatic heterocycles. The van der Waals surface area contributed by atoms with Gasteiger partial charge in [-0.3, -0.25) is 9.59 Å². The number of carboxylic acid groups (broad SMARTS) is 2. The highest BCUT2D eigenvalue weighted by Gasteiger charge is 2.55. The molecule has 3 amide bonds. The van der Waals surface area contributed by atoms with E-state index in [1.165, 1.54) is 9.80 Å². The Morgan fingerprint density at radius 2 is 1.80 bits per heavy atom. The molecule has 2 fully saturated rings. The second kappa shape index (κ2) is 9.02. The van der Waals surface area contributed by atoms with E-state index in [0.717, 1.165) is 0 Å². The van der Waals surface area contributed by atoms with E-state index in [1.54, 1.807) is 0 Å². The third kappa shape index (κ3) is 5.00. The van der Waals surface area contributed by atoms with E-state index in [9.17, 15) is 24.3 Å². The molecule has 1 aromatic rings. The predicted molar refractivity (Wildman–Crippen MR) is 104 cm³/mol. The molecule has 3 rings (SSSR count). The van der Waals surface area contributed by atoms with Crippen LogP contribution in [0.2, 0.25) is 0 Å². The molecule has 2 saturated heterocycles. The van der Waals surface area contributed by atoms with E-state index in [4.69, 9.17) is 9.84 Å². The number of hydrogen-bond acceptors (Lipinski definition) is 5. The third-order valence-electron chi connectivity index (χ3n) is 5.43. The van der Waals surface area contributed by atoms with Gasteiger partial charge >= 0.3 is 12.1 Å². The number of carbonyl (C=O) groups excluding carboxylic acids is 2. The summed E-state index contributed by atoms with van der Waals surface area (Å²) >= 11 is 0. The Kier molecular flexibility index (Phi) is 6.43. The lowest BCUT2D eigenvalue weighted by molar-refractivity contribution is -0.148. The summed E-state index contributed by atoms with van der Waals surface area (Å²) in [7, 11) is 0. The third-order valence-corrected chi connectivity index (χ3v) is 5.43. The van der Waals surface area contributed by atoms with Crippen LogP contribution in [0, 0.1) is 5.41 Å². The quantitative estimate of drug-likeness (QED) is 0.526. The van der Waals surface area contributed by atoms with Crippen LogP contribution in [0.3, 0.4) is 0 Å². The minimum atomic E-state index is -1.13. The maximum absolute atomic E-state index is 12.5. The summed E-state index contributed by atoms with van der Waals surface area (Å²) < 4.78 is 5.50. The Balaban J connectivity index is 1.41. The van der Waals surface area contributed by atoms with Gasteiger partial charge in [-0.05, 0) is 25.0 Å². The van der Waals surface area contributed by atoms with Gasteiger partial charge in [0.15, 0.2) is 0 Å². The predicted octanol–water partition coefficient (Wildman–Crippen LogP) is 0.627. The number of amides is 3. The number of hydrogen-bond donors (Lipinski definition) is 3. The molecule has 0 saturated carbocycles. The van der Waals surface area contributed by atoms with E-state index in [0.29, 0.717) is 18.8 Å². The highest BCUT2D eigenvalue weighted by atomic mass is 16.5. The molecule has 30 heavy (non-hydrogen) atoms. The minimum Gasteiger partial charge on any atom is -0.494 e. The number of aliphatic carboxylic acids is 1. The number of ether oxygens (including phenoxy) is 1. The average Bonchev–Trinajstić information content (AvgIpc) is 3.11. The number of nitrogens with one attached hydrogen (secondary N) is 1. The Hall–Kier alpha value is -3.30. The summed E-state index contributed by atoms with van der Waals surface area (Å²) in [5.74, 6) is -1.21. The van der Waals surface area contributed by atoms with Crippen molar-refractivity contribution in [2.45, 2.75) is 25.3 Å². The van der Waals surface area contributed by atoms with Crippen molar-refractivity contribution in [3.05, 3.63) is 30.3 Å². The molecule has 1 atom stereocenters. The SMILES string of the molecule is O=C(CCCOc1ccccc1)NCC(=O)N1CC2(CC1C(=O)O)CN(C(=O)O)C2. The number of rotatable bonds is 8. The van der Waals surface area contributed by atoms with Crippen LogP contribution in [0.25, 0.3) is 0 Å². The van der Waals surface area contributed by atoms with Gasteiger partial charge < -0.3 is 30.1 Å². The lowest BCUT2D eigenvalue weighted by Gasteiger charge is -2.46. The van der Waals surface area contributed by atoms with Crippen LogP contribution >= 0.6 is 0 Å². The molecule has 162 valence electrons. The Morgan fingerprint density at radius 3 is 2.43 bits per heavy atom. The van der Waals surface area contributed by atoms with E-state index < -0.39 is 29.4 Å². The van der Waals surface area contributed by atoms with Gasteiger partial charge in [0.1, 0.15) is 11.8 Å². The second-order valence-electron chi connectivity index (χ2n) is 7.76. The van der Waals surface area contributed by atoms with Crippen molar-refractivity contribution in [2.24, 2.45) is 5.41 Å². The van der Waals surface area contributed by atoms with Crippen LogP contribution in [0.15, 0.2) is 30.3 Å². The molecule has 1 spiro atoms. The summed E-state index contributed by atoms with van der Waals surface area (Å²) in [5, 5.41) is 21.0. The molecule has 2 aliphatic heterocycles. The van der Waals surface area contributed by atoms with Gasteiger partial charge in [-0.15, -0.1) is 0 Å². The lowest BCUT2D eigenvalue weighted by Crippen LogP contribution is -2.59. The first-order valence-corrected chi connectivity index (χ1v) is 9.74. The zero-order chi connectivity index (χ0) is 21.7. The number of carbonyl (C=O) groups is 4. The first-order chi connectivity index (χ1) is 14.3. The van der Waals surface area contributed by atoms with Gasteiger partial charge in [0.25, 0.3) is 0 Å². The van der Waals surface area contributed by atoms with E-state index in [2.05, 4.69) is 5.32 Å². The van der Waals surface area contributed by atoms with E-state index in [-0.39, 0.29) is 44.9 Å². The van der Waals surface area contributed by atoms with Gasteiger partial charge in [-0.25, -0.2) is 9.59 Å². The minimum absolute atomic E-state index is 0.174. The molecule has 0 aliphatic carbocycles. The van der Waals surface area contributed by atoms with E-state index in [1.807, 2.05) is 30.3 Å². The van der Waals surface area contributed by atoms with Crippen LogP contribution in [0.4, 0.5) is 4.79 Å². The van der Waals surface area contributed by atoms with Crippen molar-refractivity contribution in [2.75, 3.05) is 32.8 Å². The molecule has 1 aromatic carbocycles. The maximum atomic E-state index is 12.5. The summed E-state index contributed by atoms with van der Waals surface area (Å²) in [4.78, 5) is 49.5. The van der Waals surface area contributed by atoms with Gasteiger partial charge in [-0.2, -0.15) is 0 Å². The Labute approximate surface area is 173 Å². The fraction of sp³-hybridized carbons (Fsp3) is 0.500. The molecule has 10 nitrogen and oxygen atoms in total. The lowest BCUT2D eigenvalue weighted by atomic mass is 9.78. The smallest absolute Gasteiger partial charge is 0.407 e. The summed E-state index contributed by atoms with van der Waals surface area (Å²) in [6.45, 7) is 0.669. The zero-order valence-corrected chi connectivity index (χ0v) is 16.5. The first-order valence-electron chi connectivity index (χ1n) is 9.74. The molecular formula is C20H25N3O7. The summed E-state index contributed by atoms with van der Waals surface area (Å²) in [6, 6.07) is 8.20. The van der Waals surface area contributed by atoms with Crippen molar-refractivity contribution in [1.82, 2.24) is 15.1 Å². The van der Waals surface area contributed by atoms with Gasteiger partial charge in [0.2, 0.25) is 11.8 Å². The van der Waals surface area contributed by atoms with Gasteiger partial charge in [-0.1, -0.05) is 18.2 Å². The Morgan fingerprint density at radius 1 is 1.10 bits per heavy atom.